The molecule has 3 aromatic rings. The number of nitrogens with one attached hydrogen (secondary N) is 1. The lowest BCUT2D eigenvalue weighted by molar-refractivity contribution is 0.0919. The van der Waals surface area contributed by atoms with E-state index < -0.39 is 17.7 Å². The van der Waals surface area contributed by atoms with Gasteiger partial charge in [-0.2, -0.15) is 0 Å². The van der Waals surface area contributed by atoms with Crippen LogP contribution >= 0.6 is 0 Å². The Labute approximate surface area is 194 Å². The van der Waals surface area contributed by atoms with Crippen molar-refractivity contribution in [3.63, 3.8) is 0 Å². The highest BCUT2D eigenvalue weighted by Crippen LogP contribution is 2.40. The summed E-state index contributed by atoms with van der Waals surface area (Å²) in [5.74, 6) is -1.03. The van der Waals surface area contributed by atoms with Crippen LogP contribution in [0.15, 0.2) is 60.7 Å². The maximum absolute atomic E-state index is 13.7. The van der Waals surface area contributed by atoms with Crippen molar-refractivity contribution in [3.05, 3.63) is 94.0 Å². The van der Waals surface area contributed by atoms with E-state index in [4.69, 9.17) is 0 Å². The largest absolute Gasteiger partial charge is 0.322 e. The zero-order chi connectivity index (χ0) is 23.9. The van der Waals surface area contributed by atoms with E-state index in [0.717, 1.165) is 16.7 Å². The summed E-state index contributed by atoms with van der Waals surface area (Å²) >= 11 is 0. The van der Waals surface area contributed by atoms with E-state index in [2.05, 4.69) is 5.32 Å². The smallest absolute Gasteiger partial charge is 0.266 e. The Kier molecular flexibility index (Phi) is 5.90. The quantitative estimate of drug-likeness (QED) is 0.474. The molecule has 33 heavy (non-hydrogen) atoms. The maximum atomic E-state index is 13.7. The third-order valence-electron chi connectivity index (χ3n) is 6.04. The van der Waals surface area contributed by atoms with E-state index in [-0.39, 0.29) is 28.5 Å². The first-order chi connectivity index (χ1) is 15.7. The van der Waals surface area contributed by atoms with Crippen molar-refractivity contribution in [2.45, 2.75) is 46.5 Å². The van der Waals surface area contributed by atoms with E-state index >= 15 is 0 Å². The highest BCUT2D eigenvalue weighted by Gasteiger charge is 2.41. The van der Waals surface area contributed by atoms with Gasteiger partial charge in [0.2, 0.25) is 0 Å². The van der Waals surface area contributed by atoms with Crippen LogP contribution in [0.25, 0.3) is 0 Å². The molecule has 0 saturated carbocycles. The van der Waals surface area contributed by atoms with Crippen LogP contribution in [0.3, 0.4) is 0 Å². The molecule has 0 aliphatic carbocycles. The molecule has 168 valence electrons. The predicted molar refractivity (Wildman–Crippen MR) is 131 cm³/mol. The molecular formula is C28H28N2O3. The minimum atomic E-state index is -0.459. The normalized spacial score (nSPS) is 13.1. The SMILES string of the molecule is Cc1ccc(NC(=O)c2cccc3c2C(=O)N(c2c(C(C)C)cccc2C(C)C)C3=O)cc1. The Morgan fingerprint density at radius 2 is 1.36 bits per heavy atom. The topological polar surface area (TPSA) is 66.5 Å². The molecule has 0 aromatic heterocycles. The van der Waals surface area contributed by atoms with Gasteiger partial charge in [0.1, 0.15) is 0 Å². The van der Waals surface area contributed by atoms with Gasteiger partial charge in [0.05, 0.1) is 22.4 Å². The van der Waals surface area contributed by atoms with Crippen LogP contribution in [0.1, 0.15) is 87.3 Å². The monoisotopic (exact) mass is 440 g/mol. The summed E-state index contributed by atoms with van der Waals surface area (Å²) in [5.41, 5.74) is 4.81. The van der Waals surface area contributed by atoms with Gasteiger partial charge in [0.15, 0.2) is 0 Å². The van der Waals surface area contributed by atoms with Gasteiger partial charge in [-0.15, -0.1) is 0 Å². The second-order valence-electron chi connectivity index (χ2n) is 9.09. The van der Waals surface area contributed by atoms with Crippen molar-refractivity contribution in [1.29, 1.82) is 0 Å². The number of rotatable bonds is 5. The van der Waals surface area contributed by atoms with E-state index in [1.165, 1.54) is 4.90 Å². The number of para-hydroxylation sites is 1. The lowest BCUT2D eigenvalue weighted by Gasteiger charge is -2.25. The molecule has 4 rings (SSSR count). The van der Waals surface area contributed by atoms with E-state index in [9.17, 15) is 14.4 Å². The number of imide groups is 1. The lowest BCUT2D eigenvalue weighted by Crippen LogP contribution is -2.32. The molecule has 0 unspecified atom stereocenters. The number of carbonyl (C=O) groups excluding carboxylic acids is 3. The summed E-state index contributed by atoms with van der Waals surface area (Å²) in [7, 11) is 0. The van der Waals surface area contributed by atoms with Crippen molar-refractivity contribution in [1.82, 2.24) is 0 Å². The molecular weight excluding hydrogens is 412 g/mol. The van der Waals surface area contributed by atoms with Crippen LogP contribution in [0.4, 0.5) is 11.4 Å². The number of nitrogens with zero attached hydrogens (tertiary/aromatic N) is 1. The van der Waals surface area contributed by atoms with Crippen LogP contribution in [-0.2, 0) is 0 Å². The first-order valence-electron chi connectivity index (χ1n) is 11.2. The number of aryl methyl sites for hydroxylation is 1. The van der Waals surface area contributed by atoms with Crippen LogP contribution in [0.2, 0.25) is 0 Å². The van der Waals surface area contributed by atoms with Crippen LogP contribution in [0, 0.1) is 6.92 Å². The van der Waals surface area contributed by atoms with Gasteiger partial charge < -0.3 is 5.32 Å². The highest BCUT2D eigenvalue weighted by atomic mass is 16.2. The average molecular weight is 441 g/mol. The molecule has 3 aromatic carbocycles. The number of hydrogen-bond acceptors (Lipinski definition) is 3. The first-order valence-corrected chi connectivity index (χ1v) is 11.2. The zero-order valence-corrected chi connectivity index (χ0v) is 19.6. The molecule has 5 nitrogen and oxygen atoms in total. The fourth-order valence-electron chi connectivity index (χ4n) is 4.28. The Balaban J connectivity index is 1.80. The summed E-state index contributed by atoms with van der Waals surface area (Å²) in [6.07, 6.45) is 0. The van der Waals surface area contributed by atoms with Gasteiger partial charge in [-0.25, -0.2) is 4.90 Å². The molecule has 0 fully saturated rings. The fraction of sp³-hybridized carbons (Fsp3) is 0.250. The second kappa shape index (κ2) is 8.66. The summed E-state index contributed by atoms with van der Waals surface area (Å²) in [4.78, 5) is 41.6. The zero-order valence-electron chi connectivity index (χ0n) is 19.6. The van der Waals surface area contributed by atoms with Gasteiger partial charge in [0, 0.05) is 5.69 Å². The van der Waals surface area contributed by atoms with Crippen LogP contribution < -0.4 is 10.2 Å². The Hall–Kier alpha value is -3.73. The number of benzene rings is 3. The highest BCUT2D eigenvalue weighted by molar-refractivity contribution is 6.37. The minimum absolute atomic E-state index is 0.118. The number of carbonyl (C=O) groups is 3. The summed E-state index contributed by atoms with van der Waals surface area (Å²) < 4.78 is 0. The molecule has 0 atom stereocenters. The van der Waals surface area contributed by atoms with Crippen molar-refractivity contribution >= 4 is 29.1 Å². The van der Waals surface area contributed by atoms with Crippen molar-refractivity contribution in [3.8, 4) is 0 Å². The maximum Gasteiger partial charge on any atom is 0.266 e. The van der Waals surface area contributed by atoms with E-state index in [1.54, 1.807) is 18.2 Å². The third kappa shape index (κ3) is 3.95. The molecule has 1 heterocycles. The molecule has 1 aliphatic heterocycles. The standard InChI is InChI=1S/C28H28N2O3/c1-16(2)20-8-6-9-21(17(3)4)25(20)30-27(32)23-11-7-10-22(24(23)28(30)33)26(31)29-19-14-12-18(5)13-15-19/h6-17H,1-5H3,(H,29,31). The number of fused-ring (bicyclic) bond motifs is 1. The van der Waals surface area contributed by atoms with Crippen LogP contribution in [0.5, 0.6) is 0 Å². The second-order valence-corrected chi connectivity index (χ2v) is 9.09. The number of anilines is 2. The third-order valence-corrected chi connectivity index (χ3v) is 6.04. The molecule has 0 radical (unpaired) electrons. The predicted octanol–water partition coefficient (Wildman–Crippen LogP) is 6.29. The summed E-state index contributed by atoms with van der Waals surface area (Å²) in [5, 5.41) is 2.84. The molecule has 0 saturated heterocycles. The number of hydrogen-bond donors (Lipinski definition) is 1. The Morgan fingerprint density at radius 1 is 0.788 bits per heavy atom. The van der Waals surface area contributed by atoms with Gasteiger partial charge in [-0.3, -0.25) is 14.4 Å². The van der Waals surface area contributed by atoms with Gasteiger partial charge >= 0.3 is 0 Å². The molecule has 0 spiro atoms. The number of amides is 3. The van der Waals surface area contributed by atoms with Gasteiger partial charge in [0.25, 0.3) is 17.7 Å². The van der Waals surface area contributed by atoms with Gasteiger partial charge in [-0.1, -0.05) is 69.7 Å². The fourth-order valence-corrected chi connectivity index (χ4v) is 4.28. The first kappa shape index (κ1) is 22.5. The molecule has 3 amide bonds. The van der Waals surface area contributed by atoms with Crippen molar-refractivity contribution < 1.29 is 14.4 Å². The Bertz CT molecular complexity index is 1230. The van der Waals surface area contributed by atoms with E-state index in [1.807, 2.05) is 77.1 Å². The average Bonchev–Trinajstić information content (AvgIpc) is 3.04. The molecule has 0 bridgehead atoms. The molecule has 5 heteroatoms. The minimum Gasteiger partial charge on any atom is -0.322 e. The summed E-state index contributed by atoms with van der Waals surface area (Å²) in [6, 6.07) is 18.2. The van der Waals surface area contributed by atoms with Crippen LogP contribution in [-0.4, -0.2) is 17.7 Å². The van der Waals surface area contributed by atoms with Crippen molar-refractivity contribution in [2.75, 3.05) is 10.2 Å². The molecule has 1 aliphatic rings. The molecule has 1 N–H and O–H groups in total. The summed E-state index contributed by atoms with van der Waals surface area (Å²) in [6.45, 7) is 10.1. The van der Waals surface area contributed by atoms with E-state index in [0.29, 0.717) is 11.4 Å². The van der Waals surface area contributed by atoms with Crippen molar-refractivity contribution in [2.24, 2.45) is 0 Å². The van der Waals surface area contributed by atoms with Gasteiger partial charge in [-0.05, 0) is 54.2 Å². The Morgan fingerprint density at radius 3 is 1.94 bits per heavy atom. The lowest BCUT2D eigenvalue weighted by atomic mass is 9.92.